The highest BCUT2D eigenvalue weighted by Gasteiger charge is 2.01. The number of carbonyl (C=O) groups is 2. The van der Waals surface area contributed by atoms with Crippen LogP contribution in [0.1, 0.15) is 59.8 Å². The van der Waals surface area contributed by atoms with Crippen LogP contribution in [0.25, 0.3) is 0 Å². The highest BCUT2D eigenvalue weighted by Crippen LogP contribution is 1.90. The molecule has 0 bridgehead atoms. The van der Waals surface area contributed by atoms with E-state index in [1.54, 1.807) is 4.90 Å². The number of rotatable bonds is 7. The largest absolute Gasteiger partial charge is 0.356 e. The van der Waals surface area contributed by atoms with Crippen LogP contribution in [0.5, 0.6) is 0 Å². The van der Waals surface area contributed by atoms with Crippen molar-refractivity contribution >= 4 is 11.8 Å². The summed E-state index contributed by atoms with van der Waals surface area (Å²) in [6, 6.07) is 0. The Morgan fingerprint density at radius 3 is 2.00 bits per heavy atom. The van der Waals surface area contributed by atoms with E-state index in [0.29, 0.717) is 12.8 Å². The summed E-state index contributed by atoms with van der Waals surface area (Å²) < 4.78 is 0. The third kappa shape index (κ3) is 13.0. The van der Waals surface area contributed by atoms with Gasteiger partial charge in [-0.25, -0.2) is 0 Å². The van der Waals surface area contributed by atoms with Crippen molar-refractivity contribution in [3.8, 4) is 0 Å². The number of nitrogens with zero attached hydrogens (tertiary/aromatic N) is 1. The van der Waals surface area contributed by atoms with E-state index in [4.69, 9.17) is 0 Å². The summed E-state index contributed by atoms with van der Waals surface area (Å²) in [5.74, 6) is 0.389. The standard InChI is InChI=1S/2C7H15NO/c1-4-6-8(3)7(9)5-2;1-3-5-6-8-7(9)4-2/h4-6H2,1-3H3;3-6H2,1-2H3,(H,8,9). The Kier molecular flexibility index (Phi) is 15.0. The Labute approximate surface area is 112 Å². The summed E-state index contributed by atoms with van der Waals surface area (Å²) in [6.07, 6.45) is 4.50. The average Bonchev–Trinajstić information content (AvgIpc) is 2.38. The molecule has 0 aliphatic rings. The number of hydrogen-bond acceptors (Lipinski definition) is 2. The van der Waals surface area contributed by atoms with E-state index in [9.17, 15) is 9.59 Å². The van der Waals surface area contributed by atoms with Gasteiger partial charge in [0, 0.05) is 33.0 Å². The Bertz CT molecular complexity index is 218. The van der Waals surface area contributed by atoms with Gasteiger partial charge in [0.1, 0.15) is 0 Å². The average molecular weight is 258 g/mol. The van der Waals surface area contributed by atoms with E-state index >= 15 is 0 Å². The van der Waals surface area contributed by atoms with Gasteiger partial charge in [-0.3, -0.25) is 9.59 Å². The number of nitrogens with one attached hydrogen (secondary N) is 1. The lowest BCUT2D eigenvalue weighted by Crippen LogP contribution is -2.26. The zero-order chi connectivity index (χ0) is 14.4. The molecule has 18 heavy (non-hydrogen) atoms. The van der Waals surface area contributed by atoms with Crippen molar-refractivity contribution in [1.29, 1.82) is 0 Å². The van der Waals surface area contributed by atoms with Crippen LogP contribution in [0.2, 0.25) is 0 Å². The molecule has 0 aromatic carbocycles. The van der Waals surface area contributed by atoms with Crippen LogP contribution in [0.4, 0.5) is 0 Å². The Balaban J connectivity index is 0. The van der Waals surface area contributed by atoms with Gasteiger partial charge in [0.25, 0.3) is 0 Å². The molecule has 2 amide bonds. The summed E-state index contributed by atoms with van der Waals surface area (Å²) in [7, 11) is 1.84. The first-order chi connectivity index (χ1) is 8.53. The zero-order valence-electron chi connectivity index (χ0n) is 12.7. The van der Waals surface area contributed by atoms with Gasteiger partial charge in [0.05, 0.1) is 0 Å². The number of carbonyl (C=O) groups excluding carboxylic acids is 2. The molecule has 1 N–H and O–H groups in total. The highest BCUT2D eigenvalue weighted by atomic mass is 16.2. The van der Waals surface area contributed by atoms with Gasteiger partial charge in [0.15, 0.2) is 0 Å². The van der Waals surface area contributed by atoms with Crippen LogP contribution < -0.4 is 5.32 Å². The summed E-state index contributed by atoms with van der Waals surface area (Å²) in [6.45, 7) is 9.64. The van der Waals surface area contributed by atoms with E-state index in [2.05, 4.69) is 19.2 Å². The molecule has 0 atom stereocenters. The molecule has 0 aromatic rings. The lowest BCUT2D eigenvalue weighted by molar-refractivity contribution is -0.129. The van der Waals surface area contributed by atoms with Crippen molar-refractivity contribution in [2.24, 2.45) is 0 Å². The molecule has 0 heterocycles. The molecule has 4 nitrogen and oxygen atoms in total. The highest BCUT2D eigenvalue weighted by molar-refractivity contribution is 5.75. The maximum atomic E-state index is 10.8. The zero-order valence-corrected chi connectivity index (χ0v) is 12.7. The van der Waals surface area contributed by atoms with Gasteiger partial charge in [-0.1, -0.05) is 34.1 Å². The van der Waals surface area contributed by atoms with Gasteiger partial charge in [-0.2, -0.15) is 0 Å². The monoisotopic (exact) mass is 258 g/mol. The third-order valence-electron chi connectivity index (χ3n) is 2.46. The quantitative estimate of drug-likeness (QED) is 0.714. The molecule has 0 aliphatic carbocycles. The van der Waals surface area contributed by atoms with Crippen molar-refractivity contribution in [2.45, 2.75) is 59.8 Å². The predicted octanol–water partition coefficient (Wildman–Crippen LogP) is 2.58. The van der Waals surface area contributed by atoms with Gasteiger partial charge < -0.3 is 10.2 Å². The summed E-state index contributed by atoms with van der Waals surface area (Å²) in [5.41, 5.74) is 0. The van der Waals surface area contributed by atoms with Crippen LogP contribution in [0.15, 0.2) is 0 Å². The summed E-state index contributed by atoms with van der Waals surface area (Å²) >= 11 is 0. The molecule has 0 saturated carbocycles. The van der Waals surface area contributed by atoms with Gasteiger partial charge >= 0.3 is 0 Å². The Hall–Kier alpha value is -1.06. The van der Waals surface area contributed by atoms with Crippen LogP contribution in [0.3, 0.4) is 0 Å². The second-order valence-corrected chi connectivity index (χ2v) is 4.23. The van der Waals surface area contributed by atoms with Crippen LogP contribution >= 0.6 is 0 Å². The topological polar surface area (TPSA) is 49.4 Å². The molecule has 0 rings (SSSR count). The van der Waals surface area contributed by atoms with E-state index in [1.807, 2.05) is 20.9 Å². The first-order valence-corrected chi connectivity index (χ1v) is 7.03. The van der Waals surface area contributed by atoms with Crippen molar-refractivity contribution < 1.29 is 9.59 Å². The first-order valence-electron chi connectivity index (χ1n) is 7.03. The van der Waals surface area contributed by atoms with Crippen LogP contribution in [-0.4, -0.2) is 36.9 Å². The maximum Gasteiger partial charge on any atom is 0.222 e. The molecule has 108 valence electrons. The molecular formula is C14H30N2O2. The van der Waals surface area contributed by atoms with Crippen LogP contribution in [-0.2, 0) is 9.59 Å². The molecule has 0 spiro atoms. The van der Waals surface area contributed by atoms with E-state index < -0.39 is 0 Å². The minimum Gasteiger partial charge on any atom is -0.356 e. The van der Waals surface area contributed by atoms with Crippen molar-refractivity contribution in [1.82, 2.24) is 10.2 Å². The molecule has 0 saturated heterocycles. The Morgan fingerprint density at radius 2 is 1.61 bits per heavy atom. The van der Waals surface area contributed by atoms with Crippen molar-refractivity contribution in [3.05, 3.63) is 0 Å². The van der Waals surface area contributed by atoms with Gasteiger partial charge in [0.2, 0.25) is 11.8 Å². The van der Waals surface area contributed by atoms with Crippen molar-refractivity contribution in [2.75, 3.05) is 20.1 Å². The molecule has 0 radical (unpaired) electrons. The fourth-order valence-electron chi connectivity index (χ4n) is 1.26. The Morgan fingerprint density at radius 1 is 1.00 bits per heavy atom. The molecular weight excluding hydrogens is 228 g/mol. The first kappa shape index (κ1) is 19.3. The molecule has 0 unspecified atom stereocenters. The summed E-state index contributed by atoms with van der Waals surface area (Å²) in [4.78, 5) is 23.2. The fourth-order valence-corrected chi connectivity index (χ4v) is 1.26. The van der Waals surface area contributed by atoms with Gasteiger partial charge in [-0.05, 0) is 12.8 Å². The molecule has 0 aromatic heterocycles. The molecule has 0 aliphatic heterocycles. The van der Waals surface area contributed by atoms with Gasteiger partial charge in [-0.15, -0.1) is 0 Å². The maximum absolute atomic E-state index is 10.8. The number of amides is 2. The number of hydrogen-bond donors (Lipinski definition) is 1. The van der Waals surface area contributed by atoms with E-state index in [1.165, 1.54) is 0 Å². The minimum absolute atomic E-state index is 0.156. The van der Waals surface area contributed by atoms with Crippen LogP contribution in [0, 0.1) is 0 Å². The fraction of sp³-hybridized carbons (Fsp3) is 0.857. The second-order valence-electron chi connectivity index (χ2n) is 4.23. The van der Waals surface area contributed by atoms with E-state index in [0.717, 1.165) is 32.4 Å². The predicted molar refractivity (Wildman–Crippen MR) is 76.4 cm³/mol. The minimum atomic E-state index is 0.156. The smallest absolute Gasteiger partial charge is 0.222 e. The molecule has 0 fully saturated rings. The normalized spacial score (nSPS) is 9.17. The second kappa shape index (κ2) is 14.0. The number of unbranched alkanes of at least 4 members (excludes halogenated alkanes) is 1. The lowest BCUT2D eigenvalue weighted by Gasteiger charge is -2.13. The third-order valence-corrected chi connectivity index (χ3v) is 2.46. The van der Waals surface area contributed by atoms with E-state index in [-0.39, 0.29) is 11.8 Å². The summed E-state index contributed by atoms with van der Waals surface area (Å²) in [5, 5.41) is 2.79. The molecule has 4 heteroatoms. The van der Waals surface area contributed by atoms with Crippen molar-refractivity contribution in [3.63, 3.8) is 0 Å². The SMILES string of the molecule is CCCCNC(=O)CC.CCCN(C)C(=O)CC. The lowest BCUT2D eigenvalue weighted by atomic mass is 10.3.